The standard InChI is InChI=1S/C16H25FN2O/c1-4-7-18-9-14-8-15(17)5-6-16(14)19-10-12(2)20-13(3)11-19/h5-6,8,12-13,18H,4,7,9-11H2,1-3H3/t12-,13+. The number of anilines is 1. The van der Waals surface area contributed by atoms with Gasteiger partial charge in [-0.25, -0.2) is 4.39 Å². The third kappa shape index (κ3) is 3.93. The zero-order chi connectivity index (χ0) is 14.5. The Labute approximate surface area is 121 Å². The van der Waals surface area contributed by atoms with Gasteiger partial charge in [-0.05, 0) is 50.6 Å². The molecule has 1 aliphatic heterocycles. The van der Waals surface area contributed by atoms with Crippen molar-refractivity contribution in [2.24, 2.45) is 0 Å². The van der Waals surface area contributed by atoms with Gasteiger partial charge in [0, 0.05) is 25.3 Å². The van der Waals surface area contributed by atoms with Crippen LogP contribution in [0.5, 0.6) is 0 Å². The maximum Gasteiger partial charge on any atom is 0.123 e. The summed E-state index contributed by atoms with van der Waals surface area (Å²) in [6, 6.07) is 5.08. The molecule has 1 saturated heterocycles. The number of nitrogens with one attached hydrogen (secondary N) is 1. The topological polar surface area (TPSA) is 24.5 Å². The maximum absolute atomic E-state index is 13.5. The van der Waals surface area contributed by atoms with Crippen molar-refractivity contribution in [1.29, 1.82) is 0 Å². The number of morpholine rings is 1. The summed E-state index contributed by atoms with van der Waals surface area (Å²) in [5.74, 6) is -0.170. The van der Waals surface area contributed by atoms with E-state index in [0.717, 1.165) is 37.3 Å². The quantitative estimate of drug-likeness (QED) is 0.839. The number of hydrogen-bond donors (Lipinski definition) is 1. The highest BCUT2D eigenvalue weighted by molar-refractivity contribution is 5.54. The third-order valence-electron chi connectivity index (χ3n) is 3.54. The van der Waals surface area contributed by atoms with Crippen LogP contribution in [-0.4, -0.2) is 31.8 Å². The molecule has 1 fully saturated rings. The lowest BCUT2D eigenvalue weighted by atomic mass is 10.1. The molecule has 2 atom stereocenters. The van der Waals surface area contributed by atoms with Crippen molar-refractivity contribution in [2.75, 3.05) is 24.5 Å². The average molecular weight is 280 g/mol. The number of nitrogens with zero attached hydrogens (tertiary/aromatic N) is 1. The number of benzene rings is 1. The van der Waals surface area contributed by atoms with Crippen LogP contribution in [0.4, 0.5) is 10.1 Å². The summed E-state index contributed by atoms with van der Waals surface area (Å²) in [6.07, 6.45) is 1.50. The van der Waals surface area contributed by atoms with E-state index in [4.69, 9.17) is 4.74 Å². The molecule has 2 rings (SSSR count). The Bertz CT molecular complexity index is 428. The van der Waals surface area contributed by atoms with Crippen molar-refractivity contribution < 1.29 is 9.13 Å². The highest BCUT2D eigenvalue weighted by atomic mass is 19.1. The molecule has 1 heterocycles. The molecule has 0 amide bonds. The number of rotatable bonds is 5. The van der Waals surface area contributed by atoms with Crippen LogP contribution in [0.15, 0.2) is 18.2 Å². The lowest BCUT2D eigenvalue weighted by Crippen LogP contribution is -2.46. The van der Waals surface area contributed by atoms with Crippen LogP contribution < -0.4 is 10.2 Å². The Morgan fingerprint density at radius 3 is 2.65 bits per heavy atom. The smallest absolute Gasteiger partial charge is 0.123 e. The van der Waals surface area contributed by atoms with Gasteiger partial charge in [0.05, 0.1) is 12.2 Å². The van der Waals surface area contributed by atoms with Gasteiger partial charge >= 0.3 is 0 Å². The fourth-order valence-corrected chi connectivity index (χ4v) is 2.78. The normalized spacial score (nSPS) is 23.1. The maximum atomic E-state index is 13.5. The summed E-state index contributed by atoms with van der Waals surface area (Å²) in [5.41, 5.74) is 2.15. The van der Waals surface area contributed by atoms with Gasteiger partial charge in [-0.15, -0.1) is 0 Å². The van der Waals surface area contributed by atoms with E-state index in [9.17, 15) is 4.39 Å². The zero-order valence-corrected chi connectivity index (χ0v) is 12.7. The third-order valence-corrected chi connectivity index (χ3v) is 3.54. The molecule has 1 N–H and O–H groups in total. The predicted molar refractivity (Wildman–Crippen MR) is 80.6 cm³/mol. The number of halogens is 1. The molecular formula is C16H25FN2O. The number of hydrogen-bond acceptors (Lipinski definition) is 3. The molecule has 0 saturated carbocycles. The minimum Gasteiger partial charge on any atom is -0.372 e. The van der Waals surface area contributed by atoms with Crippen LogP contribution in [0.3, 0.4) is 0 Å². The van der Waals surface area contributed by atoms with Gasteiger partial charge in [-0.3, -0.25) is 0 Å². The molecule has 20 heavy (non-hydrogen) atoms. The SMILES string of the molecule is CCCNCc1cc(F)ccc1N1C[C@@H](C)O[C@@H](C)C1. The monoisotopic (exact) mass is 280 g/mol. The van der Waals surface area contributed by atoms with E-state index < -0.39 is 0 Å². The Balaban J connectivity index is 2.16. The highest BCUT2D eigenvalue weighted by Gasteiger charge is 2.23. The van der Waals surface area contributed by atoms with E-state index in [1.165, 1.54) is 0 Å². The molecule has 0 radical (unpaired) electrons. The van der Waals surface area contributed by atoms with Crippen LogP contribution >= 0.6 is 0 Å². The average Bonchev–Trinajstić information content (AvgIpc) is 2.38. The van der Waals surface area contributed by atoms with Crippen LogP contribution in [0.2, 0.25) is 0 Å². The molecule has 1 aromatic carbocycles. The van der Waals surface area contributed by atoms with Gasteiger partial charge in [0.1, 0.15) is 5.82 Å². The van der Waals surface area contributed by atoms with Gasteiger partial charge in [0.25, 0.3) is 0 Å². The van der Waals surface area contributed by atoms with Crippen LogP contribution in [0.25, 0.3) is 0 Å². The van der Waals surface area contributed by atoms with Crippen LogP contribution in [0, 0.1) is 5.82 Å². The van der Waals surface area contributed by atoms with Crippen molar-refractivity contribution >= 4 is 5.69 Å². The lowest BCUT2D eigenvalue weighted by Gasteiger charge is -2.37. The second kappa shape index (κ2) is 7.04. The lowest BCUT2D eigenvalue weighted by molar-refractivity contribution is -0.00526. The molecule has 0 unspecified atom stereocenters. The Morgan fingerprint density at radius 1 is 1.30 bits per heavy atom. The van der Waals surface area contributed by atoms with E-state index >= 15 is 0 Å². The van der Waals surface area contributed by atoms with Gasteiger partial charge in [0.2, 0.25) is 0 Å². The summed E-state index contributed by atoms with van der Waals surface area (Å²) < 4.78 is 19.3. The van der Waals surface area contributed by atoms with Crippen molar-refractivity contribution in [3.8, 4) is 0 Å². The van der Waals surface area contributed by atoms with Crippen LogP contribution in [0.1, 0.15) is 32.8 Å². The molecule has 0 aliphatic carbocycles. The number of ether oxygens (including phenoxy) is 1. The first kappa shape index (κ1) is 15.3. The van der Waals surface area contributed by atoms with Gasteiger partial charge in [-0.1, -0.05) is 6.92 Å². The summed E-state index contributed by atoms with van der Waals surface area (Å²) in [7, 11) is 0. The molecule has 3 nitrogen and oxygen atoms in total. The minimum absolute atomic E-state index is 0.170. The molecular weight excluding hydrogens is 255 g/mol. The first-order valence-corrected chi connectivity index (χ1v) is 7.49. The van der Waals surface area contributed by atoms with E-state index in [-0.39, 0.29) is 18.0 Å². The van der Waals surface area contributed by atoms with Crippen molar-refractivity contribution in [2.45, 2.75) is 45.9 Å². The summed E-state index contributed by atoms with van der Waals surface area (Å²) in [5, 5.41) is 3.36. The minimum atomic E-state index is -0.170. The molecule has 0 bridgehead atoms. The first-order valence-electron chi connectivity index (χ1n) is 7.49. The van der Waals surface area contributed by atoms with Crippen molar-refractivity contribution in [3.05, 3.63) is 29.6 Å². The van der Waals surface area contributed by atoms with Crippen molar-refractivity contribution in [3.63, 3.8) is 0 Å². The molecule has 0 aromatic heterocycles. The summed E-state index contributed by atoms with van der Waals surface area (Å²) in [4.78, 5) is 2.31. The Hall–Kier alpha value is -1.13. The molecule has 0 spiro atoms. The van der Waals surface area contributed by atoms with E-state index in [0.29, 0.717) is 6.54 Å². The van der Waals surface area contributed by atoms with Gasteiger partial charge in [0.15, 0.2) is 0 Å². The Morgan fingerprint density at radius 2 is 2.00 bits per heavy atom. The largest absolute Gasteiger partial charge is 0.372 e. The molecule has 112 valence electrons. The second-order valence-corrected chi connectivity index (χ2v) is 5.61. The van der Waals surface area contributed by atoms with E-state index in [1.54, 1.807) is 12.1 Å². The van der Waals surface area contributed by atoms with E-state index in [2.05, 4.69) is 31.0 Å². The van der Waals surface area contributed by atoms with E-state index in [1.807, 2.05) is 6.07 Å². The fourth-order valence-electron chi connectivity index (χ4n) is 2.78. The highest BCUT2D eigenvalue weighted by Crippen LogP contribution is 2.25. The second-order valence-electron chi connectivity index (χ2n) is 5.61. The van der Waals surface area contributed by atoms with Gasteiger partial charge < -0.3 is 15.0 Å². The molecule has 1 aliphatic rings. The summed E-state index contributed by atoms with van der Waals surface area (Å²) in [6.45, 7) is 9.67. The van der Waals surface area contributed by atoms with Crippen LogP contribution in [-0.2, 0) is 11.3 Å². The molecule has 1 aromatic rings. The first-order chi connectivity index (χ1) is 9.60. The predicted octanol–water partition coefficient (Wildman–Crippen LogP) is 2.94. The fraction of sp³-hybridized carbons (Fsp3) is 0.625. The summed E-state index contributed by atoms with van der Waals surface area (Å²) >= 11 is 0. The van der Waals surface area contributed by atoms with Gasteiger partial charge in [-0.2, -0.15) is 0 Å². The van der Waals surface area contributed by atoms with Crippen molar-refractivity contribution in [1.82, 2.24) is 5.32 Å². The molecule has 4 heteroatoms. The Kier molecular flexibility index (Phi) is 5.38. The zero-order valence-electron chi connectivity index (χ0n) is 12.7.